The zero-order valence-electron chi connectivity index (χ0n) is 15.5. The summed E-state index contributed by atoms with van der Waals surface area (Å²) in [5, 5.41) is 0. The first-order valence-electron chi connectivity index (χ1n) is 8.33. The molecule has 0 amide bonds. The van der Waals surface area contributed by atoms with Crippen molar-refractivity contribution in [1.29, 1.82) is 0 Å². The minimum Gasteiger partial charge on any atom is -0.499 e. The Balaban J connectivity index is 3.68. The Morgan fingerprint density at radius 2 is 1.04 bits per heavy atom. The predicted molar refractivity (Wildman–Crippen MR) is 92.4 cm³/mol. The quantitative estimate of drug-likeness (QED) is 0.455. The van der Waals surface area contributed by atoms with Crippen molar-refractivity contribution in [3.05, 3.63) is 24.7 Å². The standard InChI is InChI=1S/C18H34O5/c1-7-9-19-11-15(3)21-13-17(5)23-14-18(6)22-12-16(4)20-10-8-2/h7-10,15-18H,11-14H2,1-6H3. The lowest BCUT2D eigenvalue weighted by Gasteiger charge is -2.21. The van der Waals surface area contributed by atoms with Crippen molar-refractivity contribution in [3.8, 4) is 0 Å². The van der Waals surface area contributed by atoms with E-state index in [-0.39, 0.29) is 24.4 Å². The highest BCUT2D eigenvalue weighted by Crippen LogP contribution is 2.02. The van der Waals surface area contributed by atoms with E-state index in [4.69, 9.17) is 23.7 Å². The van der Waals surface area contributed by atoms with Gasteiger partial charge in [0.25, 0.3) is 0 Å². The van der Waals surface area contributed by atoms with E-state index < -0.39 is 0 Å². The van der Waals surface area contributed by atoms with E-state index >= 15 is 0 Å². The summed E-state index contributed by atoms with van der Waals surface area (Å²) in [4.78, 5) is 0. The van der Waals surface area contributed by atoms with Gasteiger partial charge in [0, 0.05) is 0 Å². The van der Waals surface area contributed by atoms with Crippen LogP contribution in [0.2, 0.25) is 0 Å². The highest BCUT2D eigenvalue weighted by molar-refractivity contribution is 4.68. The second kappa shape index (κ2) is 14.5. The maximum atomic E-state index is 5.73. The van der Waals surface area contributed by atoms with E-state index in [0.29, 0.717) is 26.4 Å². The summed E-state index contributed by atoms with van der Waals surface area (Å²) in [7, 11) is 0. The molecule has 0 aliphatic heterocycles. The first kappa shape index (κ1) is 22.0. The van der Waals surface area contributed by atoms with Gasteiger partial charge in [0.05, 0.1) is 50.7 Å². The Morgan fingerprint density at radius 3 is 1.52 bits per heavy atom. The topological polar surface area (TPSA) is 46.2 Å². The Morgan fingerprint density at radius 1 is 0.609 bits per heavy atom. The van der Waals surface area contributed by atoms with E-state index in [1.54, 1.807) is 12.5 Å². The average Bonchev–Trinajstić information content (AvgIpc) is 2.54. The molecule has 0 rings (SSSR count). The van der Waals surface area contributed by atoms with Crippen LogP contribution >= 0.6 is 0 Å². The van der Waals surface area contributed by atoms with Crippen LogP contribution < -0.4 is 0 Å². The number of rotatable bonds is 14. The number of hydrogen-bond donors (Lipinski definition) is 0. The van der Waals surface area contributed by atoms with Crippen LogP contribution in [0.15, 0.2) is 24.7 Å². The largest absolute Gasteiger partial charge is 0.499 e. The lowest BCUT2D eigenvalue weighted by atomic mass is 10.3. The van der Waals surface area contributed by atoms with Crippen LogP contribution in [0.4, 0.5) is 0 Å². The maximum Gasteiger partial charge on any atom is 0.118 e. The Hall–Kier alpha value is -1.04. The monoisotopic (exact) mass is 330 g/mol. The van der Waals surface area contributed by atoms with Gasteiger partial charge in [-0.25, -0.2) is 0 Å². The predicted octanol–water partition coefficient (Wildman–Crippen LogP) is 3.69. The summed E-state index contributed by atoms with van der Waals surface area (Å²) in [6.45, 7) is 13.9. The molecule has 0 bridgehead atoms. The van der Waals surface area contributed by atoms with E-state index in [0.717, 1.165) is 0 Å². The molecule has 0 heterocycles. The van der Waals surface area contributed by atoms with Gasteiger partial charge in [-0.3, -0.25) is 0 Å². The molecular formula is C18H34O5. The molecule has 4 unspecified atom stereocenters. The summed E-state index contributed by atoms with van der Waals surface area (Å²) in [6.07, 6.45) is 7.16. The van der Waals surface area contributed by atoms with E-state index in [1.807, 2.05) is 53.7 Å². The third kappa shape index (κ3) is 14.3. The molecule has 0 fully saturated rings. The SMILES string of the molecule is CC=COCC(C)OCC(C)OCC(C)OCC(C)OC=CC. The third-order valence-corrected chi connectivity index (χ3v) is 2.86. The molecule has 0 aromatic carbocycles. The molecule has 23 heavy (non-hydrogen) atoms. The van der Waals surface area contributed by atoms with Crippen LogP contribution in [0, 0.1) is 0 Å². The number of hydrogen-bond acceptors (Lipinski definition) is 5. The average molecular weight is 330 g/mol. The molecular weight excluding hydrogens is 296 g/mol. The number of allylic oxidation sites excluding steroid dienone is 2. The zero-order chi connectivity index (χ0) is 17.5. The van der Waals surface area contributed by atoms with Gasteiger partial charge in [-0.1, -0.05) is 12.2 Å². The summed E-state index contributed by atoms with van der Waals surface area (Å²) in [6, 6.07) is 0. The van der Waals surface area contributed by atoms with Gasteiger partial charge in [-0.2, -0.15) is 0 Å². The Kier molecular flexibility index (Phi) is 13.9. The van der Waals surface area contributed by atoms with Gasteiger partial charge in [0.15, 0.2) is 0 Å². The first-order valence-corrected chi connectivity index (χ1v) is 8.33. The molecule has 5 nitrogen and oxygen atoms in total. The van der Waals surface area contributed by atoms with E-state index in [9.17, 15) is 0 Å². The molecule has 0 aliphatic carbocycles. The Bertz CT molecular complexity index is 317. The van der Waals surface area contributed by atoms with Crippen LogP contribution in [0.3, 0.4) is 0 Å². The molecule has 0 aromatic heterocycles. The summed E-state index contributed by atoms with van der Waals surface area (Å²) < 4.78 is 27.8. The highest BCUT2D eigenvalue weighted by atomic mass is 16.6. The smallest absolute Gasteiger partial charge is 0.118 e. The molecule has 0 N–H and O–H groups in total. The van der Waals surface area contributed by atoms with E-state index in [1.165, 1.54) is 0 Å². The van der Waals surface area contributed by atoms with Gasteiger partial charge >= 0.3 is 0 Å². The minimum absolute atomic E-state index is 0.0157. The molecule has 0 saturated heterocycles. The van der Waals surface area contributed by atoms with Crippen LogP contribution in [0.5, 0.6) is 0 Å². The fraction of sp³-hybridized carbons (Fsp3) is 0.778. The zero-order valence-corrected chi connectivity index (χ0v) is 15.5. The summed E-state index contributed by atoms with van der Waals surface area (Å²) >= 11 is 0. The fourth-order valence-electron chi connectivity index (χ4n) is 1.58. The van der Waals surface area contributed by atoms with Gasteiger partial charge in [-0.05, 0) is 41.5 Å². The third-order valence-electron chi connectivity index (χ3n) is 2.86. The van der Waals surface area contributed by atoms with Crippen LogP contribution in [-0.2, 0) is 23.7 Å². The van der Waals surface area contributed by atoms with Crippen LogP contribution in [-0.4, -0.2) is 50.8 Å². The lowest BCUT2D eigenvalue weighted by Crippen LogP contribution is -2.27. The highest BCUT2D eigenvalue weighted by Gasteiger charge is 2.11. The first-order chi connectivity index (χ1) is 11.0. The molecule has 0 spiro atoms. The van der Waals surface area contributed by atoms with Crippen molar-refractivity contribution in [2.24, 2.45) is 0 Å². The minimum atomic E-state index is 0.0157. The second-order valence-corrected chi connectivity index (χ2v) is 5.65. The van der Waals surface area contributed by atoms with Gasteiger partial charge in [0.2, 0.25) is 0 Å². The number of ether oxygens (including phenoxy) is 5. The molecule has 5 heteroatoms. The van der Waals surface area contributed by atoms with E-state index in [2.05, 4.69) is 0 Å². The molecule has 4 atom stereocenters. The molecule has 0 aromatic rings. The van der Waals surface area contributed by atoms with Crippen LogP contribution in [0.25, 0.3) is 0 Å². The van der Waals surface area contributed by atoms with Gasteiger partial charge < -0.3 is 23.7 Å². The lowest BCUT2D eigenvalue weighted by molar-refractivity contribution is -0.0838. The van der Waals surface area contributed by atoms with Crippen LogP contribution in [0.1, 0.15) is 41.5 Å². The molecule has 136 valence electrons. The normalized spacial score (nSPS) is 17.3. The second-order valence-electron chi connectivity index (χ2n) is 5.65. The van der Waals surface area contributed by atoms with Crippen molar-refractivity contribution in [2.75, 3.05) is 26.4 Å². The maximum absolute atomic E-state index is 5.73. The fourth-order valence-corrected chi connectivity index (χ4v) is 1.58. The van der Waals surface area contributed by atoms with Crippen molar-refractivity contribution < 1.29 is 23.7 Å². The van der Waals surface area contributed by atoms with Crippen molar-refractivity contribution in [1.82, 2.24) is 0 Å². The van der Waals surface area contributed by atoms with Crippen molar-refractivity contribution in [2.45, 2.75) is 66.0 Å². The van der Waals surface area contributed by atoms with Crippen molar-refractivity contribution >= 4 is 0 Å². The molecule has 0 saturated carbocycles. The van der Waals surface area contributed by atoms with Gasteiger partial charge in [-0.15, -0.1) is 0 Å². The molecule has 0 aliphatic rings. The van der Waals surface area contributed by atoms with Crippen molar-refractivity contribution in [3.63, 3.8) is 0 Å². The summed E-state index contributed by atoms with van der Waals surface area (Å²) in [5.41, 5.74) is 0. The van der Waals surface area contributed by atoms with Gasteiger partial charge in [0.1, 0.15) is 12.7 Å². The Labute approximate surface area is 141 Å². The molecule has 0 radical (unpaired) electrons. The summed E-state index contributed by atoms with van der Waals surface area (Å²) in [5.74, 6) is 0.